The van der Waals surface area contributed by atoms with Gasteiger partial charge in [-0.2, -0.15) is 0 Å². The molecule has 4 heteroatoms. The van der Waals surface area contributed by atoms with Gasteiger partial charge in [0.15, 0.2) is 0 Å². The number of benzene rings is 2. The van der Waals surface area contributed by atoms with Gasteiger partial charge in [0.2, 0.25) is 5.91 Å². The lowest BCUT2D eigenvalue weighted by molar-refractivity contribution is -0.135. The molecule has 0 aliphatic carbocycles. The molecule has 0 aromatic heterocycles. The van der Waals surface area contributed by atoms with Crippen molar-refractivity contribution in [2.45, 2.75) is 58.4 Å². The minimum atomic E-state index is -0.102. The zero-order chi connectivity index (χ0) is 21.5. The average molecular weight is 427 g/mol. The van der Waals surface area contributed by atoms with Crippen molar-refractivity contribution in [3.63, 3.8) is 0 Å². The van der Waals surface area contributed by atoms with Gasteiger partial charge in [0.25, 0.3) is 0 Å². The van der Waals surface area contributed by atoms with Crippen molar-refractivity contribution in [1.82, 2.24) is 10.2 Å². The lowest BCUT2D eigenvalue weighted by atomic mass is 9.89. The fourth-order valence-corrected chi connectivity index (χ4v) is 4.52. The molecule has 1 aliphatic rings. The number of rotatable bonds is 8. The van der Waals surface area contributed by atoms with Crippen LogP contribution in [-0.4, -0.2) is 36.5 Å². The molecule has 3 nitrogen and oxygen atoms in total. The molecule has 3 rings (SSSR count). The van der Waals surface area contributed by atoms with E-state index in [-0.39, 0.29) is 17.9 Å². The van der Waals surface area contributed by atoms with Crippen LogP contribution >= 0.6 is 11.6 Å². The molecule has 2 aromatic carbocycles. The Bertz CT molecular complexity index is 810. The van der Waals surface area contributed by atoms with Crippen LogP contribution in [0.4, 0.5) is 0 Å². The van der Waals surface area contributed by atoms with E-state index in [0.717, 1.165) is 50.3 Å². The molecule has 0 bridgehead atoms. The summed E-state index contributed by atoms with van der Waals surface area (Å²) in [6, 6.07) is 16.7. The summed E-state index contributed by atoms with van der Waals surface area (Å²) >= 11 is 6.01. The third-order valence-corrected chi connectivity index (χ3v) is 6.42. The zero-order valence-corrected chi connectivity index (χ0v) is 19.3. The summed E-state index contributed by atoms with van der Waals surface area (Å²) in [5, 5.41) is 4.32. The van der Waals surface area contributed by atoms with E-state index in [1.165, 1.54) is 16.7 Å². The van der Waals surface area contributed by atoms with Gasteiger partial charge < -0.3 is 10.2 Å². The van der Waals surface area contributed by atoms with E-state index in [4.69, 9.17) is 11.6 Å². The van der Waals surface area contributed by atoms with Gasteiger partial charge in [-0.1, -0.05) is 67.4 Å². The topological polar surface area (TPSA) is 32.3 Å². The highest BCUT2D eigenvalue weighted by Gasteiger charge is 2.30. The fraction of sp³-hybridized carbons (Fsp3) is 0.500. The molecule has 1 saturated heterocycles. The van der Waals surface area contributed by atoms with Crippen molar-refractivity contribution in [2.75, 3.05) is 19.6 Å². The Hall–Kier alpha value is -1.84. The zero-order valence-electron chi connectivity index (χ0n) is 18.5. The summed E-state index contributed by atoms with van der Waals surface area (Å²) in [5.74, 6) is 1.06. The van der Waals surface area contributed by atoms with Gasteiger partial charge in [-0.3, -0.25) is 4.79 Å². The Labute approximate surface area is 186 Å². The number of halogens is 1. The molecule has 1 atom stereocenters. The SMILES string of the molecule is Cc1cccc(CCCNC(C(=O)N2CCC(c3ccc(Cl)cc3)CC2)C(C)C)c1. The average Bonchev–Trinajstić information content (AvgIpc) is 2.74. The van der Waals surface area contributed by atoms with Crippen LogP contribution in [0.1, 0.15) is 55.7 Å². The lowest BCUT2D eigenvalue weighted by Gasteiger charge is -2.35. The Morgan fingerprint density at radius 1 is 1.13 bits per heavy atom. The van der Waals surface area contributed by atoms with Crippen LogP contribution in [0.15, 0.2) is 48.5 Å². The number of hydrogen-bond acceptors (Lipinski definition) is 2. The van der Waals surface area contributed by atoms with Crippen molar-refractivity contribution in [2.24, 2.45) is 5.92 Å². The van der Waals surface area contributed by atoms with Gasteiger partial charge in [-0.05, 0) is 74.2 Å². The maximum absolute atomic E-state index is 13.2. The first-order valence-corrected chi connectivity index (χ1v) is 11.6. The monoisotopic (exact) mass is 426 g/mol. The summed E-state index contributed by atoms with van der Waals surface area (Å²) in [4.78, 5) is 15.2. The minimum Gasteiger partial charge on any atom is -0.341 e. The van der Waals surface area contributed by atoms with Gasteiger partial charge in [0.1, 0.15) is 0 Å². The summed E-state index contributed by atoms with van der Waals surface area (Å²) in [6.07, 6.45) is 4.12. The molecule has 1 aliphatic heterocycles. The Balaban J connectivity index is 1.47. The van der Waals surface area contributed by atoms with Crippen LogP contribution in [0.2, 0.25) is 5.02 Å². The number of likely N-dealkylation sites (tertiary alicyclic amines) is 1. The summed E-state index contributed by atoms with van der Waals surface area (Å²) < 4.78 is 0. The number of aryl methyl sites for hydroxylation is 2. The number of nitrogens with zero attached hydrogens (tertiary/aromatic N) is 1. The molecule has 2 aromatic rings. The first-order valence-electron chi connectivity index (χ1n) is 11.3. The molecule has 0 saturated carbocycles. The Morgan fingerprint density at radius 2 is 1.83 bits per heavy atom. The first-order chi connectivity index (χ1) is 14.4. The van der Waals surface area contributed by atoms with E-state index in [0.29, 0.717) is 5.92 Å². The van der Waals surface area contributed by atoms with Gasteiger partial charge in [0.05, 0.1) is 6.04 Å². The summed E-state index contributed by atoms with van der Waals surface area (Å²) in [7, 11) is 0. The van der Waals surface area contributed by atoms with Crippen molar-refractivity contribution in [1.29, 1.82) is 0 Å². The second-order valence-corrected chi connectivity index (χ2v) is 9.36. The van der Waals surface area contributed by atoms with Crippen molar-refractivity contribution in [3.05, 3.63) is 70.2 Å². The van der Waals surface area contributed by atoms with E-state index < -0.39 is 0 Å². The number of carbonyl (C=O) groups is 1. The Kier molecular flexibility index (Phi) is 8.35. The standard InChI is InChI=1S/C26H35ClN2O/c1-19(2)25(28-15-5-8-21-7-4-6-20(3)18-21)26(30)29-16-13-23(14-17-29)22-9-11-24(27)12-10-22/h4,6-7,9-12,18-19,23,25,28H,5,8,13-17H2,1-3H3. The molecule has 162 valence electrons. The predicted molar refractivity (Wildman–Crippen MR) is 126 cm³/mol. The minimum absolute atomic E-state index is 0.102. The highest BCUT2D eigenvalue weighted by molar-refractivity contribution is 6.30. The van der Waals surface area contributed by atoms with E-state index in [1.54, 1.807) is 0 Å². The molecule has 1 amide bonds. The molecule has 0 spiro atoms. The lowest BCUT2D eigenvalue weighted by Crippen LogP contribution is -2.51. The molecule has 1 unspecified atom stereocenters. The number of amides is 1. The van der Waals surface area contributed by atoms with E-state index in [9.17, 15) is 4.79 Å². The first kappa shape index (κ1) is 22.8. The normalized spacial score (nSPS) is 16.1. The molecular formula is C26H35ClN2O. The highest BCUT2D eigenvalue weighted by atomic mass is 35.5. The van der Waals surface area contributed by atoms with Crippen molar-refractivity contribution in [3.8, 4) is 0 Å². The number of nitrogens with one attached hydrogen (secondary N) is 1. The molecule has 1 N–H and O–H groups in total. The highest BCUT2D eigenvalue weighted by Crippen LogP contribution is 2.29. The molecular weight excluding hydrogens is 392 g/mol. The van der Waals surface area contributed by atoms with E-state index >= 15 is 0 Å². The van der Waals surface area contributed by atoms with Crippen LogP contribution in [-0.2, 0) is 11.2 Å². The maximum atomic E-state index is 13.2. The maximum Gasteiger partial charge on any atom is 0.239 e. The van der Waals surface area contributed by atoms with Crippen LogP contribution in [0.3, 0.4) is 0 Å². The van der Waals surface area contributed by atoms with E-state index in [1.807, 2.05) is 12.1 Å². The third-order valence-electron chi connectivity index (χ3n) is 6.17. The van der Waals surface area contributed by atoms with Crippen LogP contribution in [0.5, 0.6) is 0 Å². The number of carbonyl (C=O) groups excluding carboxylic acids is 1. The molecule has 1 heterocycles. The summed E-state index contributed by atoms with van der Waals surface area (Å²) in [6.45, 7) is 8.93. The number of piperidine rings is 1. The fourth-order valence-electron chi connectivity index (χ4n) is 4.39. The largest absolute Gasteiger partial charge is 0.341 e. The smallest absolute Gasteiger partial charge is 0.239 e. The molecule has 0 radical (unpaired) electrons. The van der Waals surface area contributed by atoms with Gasteiger partial charge >= 0.3 is 0 Å². The van der Waals surface area contributed by atoms with Crippen LogP contribution in [0.25, 0.3) is 0 Å². The second kappa shape index (κ2) is 11.0. The van der Waals surface area contributed by atoms with Crippen LogP contribution < -0.4 is 5.32 Å². The van der Waals surface area contributed by atoms with Gasteiger partial charge in [-0.15, -0.1) is 0 Å². The van der Waals surface area contributed by atoms with Gasteiger partial charge in [-0.25, -0.2) is 0 Å². The predicted octanol–water partition coefficient (Wildman–Crippen LogP) is 5.60. The van der Waals surface area contributed by atoms with Crippen molar-refractivity contribution < 1.29 is 4.79 Å². The van der Waals surface area contributed by atoms with Gasteiger partial charge in [0, 0.05) is 18.1 Å². The van der Waals surface area contributed by atoms with Crippen LogP contribution in [0, 0.1) is 12.8 Å². The van der Waals surface area contributed by atoms with Crippen molar-refractivity contribution >= 4 is 17.5 Å². The summed E-state index contributed by atoms with van der Waals surface area (Å²) in [5.41, 5.74) is 4.01. The Morgan fingerprint density at radius 3 is 2.47 bits per heavy atom. The third kappa shape index (κ3) is 6.33. The number of hydrogen-bond donors (Lipinski definition) is 1. The molecule has 30 heavy (non-hydrogen) atoms. The molecule has 1 fully saturated rings. The van der Waals surface area contributed by atoms with E-state index in [2.05, 4.69) is 67.4 Å². The second-order valence-electron chi connectivity index (χ2n) is 8.92. The quantitative estimate of drug-likeness (QED) is 0.557.